The molecule has 0 radical (unpaired) electrons. The second kappa shape index (κ2) is 7.29. The molecule has 142 valence electrons. The zero-order chi connectivity index (χ0) is 19.8. The number of benzene rings is 2. The summed E-state index contributed by atoms with van der Waals surface area (Å²) in [6, 6.07) is 14.3. The normalized spacial score (nSPS) is 12.4. The molecule has 0 bridgehead atoms. The van der Waals surface area contributed by atoms with E-state index in [1.165, 1.54) is 16.3 Å². The molecule has 1 N–H and O–H groups in total. The van der Waals surface area contributed by atoms with E-state index in [1.54, 1.807) is 48.7 Å². The van der Waals surface area contributed by atoms with Crippen molar-refractivity contribution < 1.29 is 4.79 Å². The van der Waals surface area contributed by atoms with Crippen LogP contribution < -0.4 is 10.9 Å². The predicted molar refractivity (Wildman–Crippen MR) is 111 cm³/mol. The highest BCUT2D eigenvalue weighted by atomic mass is 35.5. The Morgan fingerprint density at radius 1 is 1.14 bits per heavy atom. The Bertz CT molecular complexity index is 1270. The Hall–Kier alpha value is -2.84. The number of rotatable bonds is 4. The van der Waals surface area contributed by atoms with Crippen LogP contribution in [0.3, 0.4) is 0 Å². The van der Waals surface area contributed by atoms with Crippen molar-refractivity contribution in [3.63, 3.8) is 0 Å². The third-order valence-corrected chi connectivity index (χ3v) is 5.75. The van der Waals surface area contributed by atoms with Gasteiger partial charge >= 0.3 is 0 Å². The number of halogens is 1. The fourth-order valence-electron chi connectivity index (χ4n) is 2.90. The lowest BCUT2D eigenvalue weighted by Gasteiger charge is -2.13. The Balaban J connectivity index is 1.69. The smallest absolute Gasteiger partial charge is 0.262 e. The van der Waals surface area contributed by atoms with Gasteiger partial charge in [0.1, 0.15) is 0 Å². The highest BCUT2D eigenvalue weighted by Crippen LogP contribution is 2.27. The first-order valence-corrected chi connectivity index (χ1v) is 9.78. The van der Waals surface area contributed by atoms with Crippen molar-refractivity contribution in [2.24, 2.45) is 7.05 Å². The van der Waals surface area contributed by atoms with Crippen molar-refractivity contribution in [1.82, 2.24) is 19.2 Å². The zero-order valence-electron chi connectivity index (χ0n) is 15.1. The topological polar surface area (TPSA) is 81.3 Å². The van der Waals surface area contributed by atoms with Crippen LogP contribution in [0.2, 0.25) is 5.02 Å². The van der Waals surface area contributed by atoms with Gasteiger partial charge in [-0.15, -0.1) is 10.2 Å². The van der Waals surface area contributed by atoms with E-state index in [2.05, 4.69) is 15.5 Å². The maximum absolute atomic E-state index is 12.6. The summed E-state index contributed by atoms with van der Waals surface area (Å²) in [5.74, 6) is 0.217. The molecular formula is C19H16ClN5O2S. The van der Waals surface area contributed by atoms with Crippen LogP contribution in [0.4, 0.5) is 5.69 Å². The van der Waals surface area contributed by atoms with Crippen LogP contribution in [-0.2, 0) is 11.8 Å². The Morgan fingerprint density at radius 2 is 1.86 bits per heavy atom. The van der Waals surface area contributed by atoms with Crippen molar-refractivity contribution in [2.45, 2.75) is 17.3 Å². The van der Waals surface area contributed by atoms with Gasteiger partial charge in [-0.1, -0.05) is 47.6 Å². The lowest BCUT2D eigenvalue weighted by Crippen LogP contribution is -2.23. The third kappa shape index (κ3) is 3.14. The van der Waals surface area contributed by atoms with E-state index in [0.717, 1.165) is 0 Å². The molecule has 28 heavy (non-hydrogen) atoms. The predicted octanol–water partition coefficient (Wildman–Crippen LogP) is 3.35. The Labute approximate surface area is 169 Å². The number of para-hydroxylation sites is 2. The van der Waals surface area contributed by atoms with E-state index in [-0.39, 0.29) is 11.5 Å². The summed E-state index contributed by atoms with van der Waals surface area (Å²) in [5.41, 5.74) is 1.11. The van der Waals surface area contributed by atoms with Crippen LogP contribution in [0.5, 0.6) is 0 Å². The number of aryl methyl sites for hydroxylation is 1. The van der Waals surface area contributed by atoms with Gasteiger partial charge < -0.3 is 5.32 Å². The summed E-state index contributed by atoms with van der Waals surface area (Å²) >= 11 is 7.37. The molecule has 1 amide bonds. The molecular weight excluding hydrogens is 398 g/mol. The molecule has 1 unspecified atom stereocenters. The second-order valence-corrected chi connectivity index (χ2v) is 7.94. The van der Waals surface area contributed by atoms with Crippen LogP contribution in [0.15, 0.2) is 58.5 Å². The minimum atomic E-state index is -0.459. The van der Waals surface area contributed by atoms with Gasteiger partial charge in [-0.25, -0.2) is 0 Å². The summed E-state index contributed by atoms with van der Waals surface area (Å²) in [6.07, 6.45) is 0. The van der Waals surface area contributed by atoms with E-state index >= 15 is 0 Å². The fraction of sp³-hybridized carbons (Fsp3) is 0.158. The molecule has 0 saturated heterocycles. The summed E-state index contributed by atoms with van der Waals surface area (Å²) in [6.45, 7) is 1.78. The Kier molecular flexibility index (Phi) is 4.82. The average molecular weight is 414 g/mol. The lowest BCUT2D eigenvalue weighted by atomic mass is 10.2. The van der Waals surface area contributed by atoms with Crippen LogP contribution >= 0.6 is 23.4 Å². The van der Waals surface area contributed by atoms with Gasteiger partial charge in [0.2, 0.25) is 11.7 Å². The molecule has 1 atom stereocenters. The Morgan fingerprint density at radius 3 is 2.64 bits per heavy atom. The van der Waals surface area contributed by atoms with Gasteiger partial charge in [-0.2, -0.15) is 0 Å². The molecule has 0 aliphatic rings. The molecule has 0 fully saturated rings. The highest BCUT2D eigenvalue weighted by Gasteiger charge is 2.21. The zero-order valence-corrected chi connectivity index (χ0v) is 16.7. The monoisotopic (exact) mass is 413 g/mol. The number of amides is 1. The second-order valence-electron chi connectivity index (χ2n) is 6.23. The van der Waals surface area contributed by atoms with E-state index in [4.69, 9.17) is 11.6 Å². The first-order chi connectivity index (χ1) is 13.5. The number of nitrogens with one attached hydrogen (secondary N) is 1. The number of hydrogen-bond acceptors (Lipinski definition) is 5. The van der Waals surface area contributed by atoms with Gasteiger partial charge in [0.25, 0.3) is 5.56 Å². The number of carbonyl (C=O) groups excluding carboxylic acids is 1. The average Bonchev–Trinajstić information content (AvgIpc) is 3.11. The number of nitrogens with zero attached hydrogens (tertiary/aromatic N) is 4. The van der Waals surface area contributed by atoms with E-state index in [0.29, 0.717) is 32.5 Å². The molecule has 0 aliphatic carbocycles. The van der Waals surface area contributed by atoms with Gasteiger partial charge in [0, 0.05) is 7.05 Å². The van der Waals surface area contributed by atoms with Crippen molar-refractivity contribution in [3.05, 3.63) is 63.9 Å². The number of carbonyl (C=O) groups is 1. The van der Waals surface area contributed by atoms with Gasteiger partial charge in [0.15, 0.2) is 5.16 Å². The summed E-state index contributed by atoms with van der Waals surface area (Å²) in [4.78, 5) is 25.1. The van der Waals surface area contributed by atoms with E-state index < -0.39 is 5.25 Å². The van der Waals surface area contributed by atoms with Gasteiger partial charge in [-0.3, -0.25) is 18.6 Å². The fourth-order valence-corrected chi connectivity index (χ4v) is 3.93. The van der Waals surface area contributed by atoms with Crippen LogP contribution in [0.1, 0.15) is 6.92 Å². The SMILES string of the molecule is CC(Sc1nnc2n(C)c(=O)c3ccccc3n12)C(=O)Nc1ccccc1Cl. The molecule has 2 aromatic heterocycles. The minimum Gasteiger partial charge on any atom is -0.324 e. The number of fused-ring (bicyclic) bond motifs is 3. The molecule has 0 aliphatic heterocycles. The number of anilines is 1. The van der Waals surface area contributed by atoms with E-state index in [9.17, 15) is 9.59 Å². The molecule has 2 aromatic carbocycles. The maximum atomic E-state index is 12.6. The largest absolute Gasteiger partial charge is 0.324 e. The molecule has 7 nitrogen and oxygen atoms in total. The first kappa shape index (κ1) is 18.5. The molecule has 4 rings (SSSR count). The number of thioether (sulfide) groups is 1. The van der Waals surface area contributed by atoms with Crippen molar-refractivity contribution in [3.8, 4) is 0 Å². The molecule has 9 heteroatoms. The summed E-state index contributed by atoms with van der Waals surface area (Å²) in [5, 5.41) is 12.3. The van der Waals surface area contributed by atoms with E-state index in [1.807, 2.05) is 18.2 Å². The minimum absolute atomic E-state index is 0.142. The molecule has 4 aromatic rings. The summed E-state index contributed by atoms with van der Waals surface area (Å²) in [7, 11) is 1.65. The van der Waals surface area contributed by atoms with Crippen LogP contribution in [0.25, 0.3) is 16.7 Å². The van der Waals surface area contributed by atoms with Gasteiger partial charge in [-0.05, 0) is 31.2 Å². The standard InChI is InChI=1S/C19H16ClN5O2S/c1-11(16(26)21-14-9-5-4-8-13(14)20)28-19-23-22-18-24(2)17(27)12-7-3-6-10-15(12)25(18)19/h3-11H,1-2H3,(H,21,26). The molecule has 0 spiro atoms. The van der Waals surface area contributed by atoms with Crippen molar-refractivity contribution in [1.29, 1.82) is 0 Å². The van der Waals surface area contributed by atoms with Crippen molar-refractivity contribution >= 4 is 51.6 Å². The van der Waals surface area contributed by atoms with Crippen LogP contribution in [0, 0.1) is 0 Å². The van der Waals surface area contributed by atoms with Crippen LogP contribution in [-0.4, -0.2) is 30.3 Å². The molecule has 2 heterocycles. The quantitative estimate of drug-likeness (QED) is 0.519. The lowest BCUT2D eigenvalue weighted by molar-refractivity contribution is -0.115. The maximum Gasteiger partial charge on any atom is 0.262 e. The highest BCUT2D eigenvalue weighted by molar-refractivity contribution is 8.00. The van der Waals surface area contributed by atoms with Gasteiger partial charge in [0.05, 0.1) is 26.9 Å². The number of hydrogen-bond donors (Lipinski definition) is 1. The summed E-state index contributed by atoms with van der Waals surface area (Å²) < 4.78 is 3.24. The number of aromatic nitrogens is 4. The molecule has 0 saturated carbocycles. The van der Waals surface area contributed by atoms with Crippen molar-refractivity contribution in [2.75, 3.05) is 5.32 Å². The third-order valence-electron chi connectivity index (χ3n) is 4.38. The first-order valence-electron chi connectivity index (χ1n) is 8.52.